The van der Waals surface area contributed by atoms with E-state index >= 15 is 0 Å². The quantitative estimate of drug-likeness (QED) is 0.718. The van der Waals surface area contributed by atoms with Crippen molar-refractivity contribution < 1.29 is 22.7 Å². The lowest BCUT2D eigenvalue weighted by Crippen LogP contribution is -2.17. The molecule has 3 aromatic rings. The van der Waals surface area contributed by atoms with E-state index in [0.29, 0.717) is 17.0 Å². The topological polar surface area (TPSA) is 72.0 Å². The van der Waals surface area contributed by atoms with Crippen LogP contribution in [0.4, 0.5) is 13.2 Å². The van der Waals surface area contributed by atoms with Crippen molar-refractivity contribution in [2.24, 2.45) is 0 Å². The maximum atomic E-state index is 12.7. The van der Waals surface area contributed by atoms with Gasteiger partial charge in [0.05, 0.1) is 22.0 Å². The maximum absolute atomic E-state index is 12.7. The summed E-state index contributed by atoms with van der Waals surface area (Å²) in [5, 5.41) is 0.382. The van der Waals surface area contributed by atoms with Gasteiger partial charge < -0.3 is 9.72 Å². The first-order chi connectivity index (χ1) is 12.3. The lowest BCUT2D eigenvalue weighted by atomic mass is 10.1. The lowest BCUT2D eigenvalue weighted by molar-refractivity contribution is -0.137. The molecule has 0 aliphatic rings. The third-order valence-electron chi connectivity index (χ3n) is 3.73. The van der Waals surface area contributed by atoms with E-state index in [9.17, 15) is 22.8 Å². The van der Waals surface area contributed by atoms with E-state index in [2.05, 4.69) is 9.97 Å². The van der Waals surface area contributed by atoms with Gasteiger partial charge in [-0.2, -0.15) is 13.2 Å². The van der Waals surface area contributed by atoms with Crippen molar-refractivity contribution in [3.05, 3.63) is 75.8 Å². The number of benzene rings is 2. The van der Waals surface area contributed by atoms with Crippen LogP contribution in [0.25, 0.3) is 10.9 Å². The van der Waals surface area contributed by atoms with Gasteiger partial charge in [-0.3, -0.25) is 4.79 Å². The predicted molar refractivity (Wildman–Crippen MR) is 87.6 cm³/mol. The Morgan fingerprint density at radius 2 is 1.88 bits per heavy atom. The standard InChI is InChI=1S/C18H13F3N2O3/c1-10(15-22-14-8-3-2-7-13(14)16(24)23-15)26-17(25)11-5-4-6-12(9-11)18(19,20)21/h2-10H,1H3,(H,22,23,24)/t10-/m1/s1. The van der Waals surface area contributed by atoms with Crippen molar-refractivity contribution in [2.75, 3.05) is 0 Å². The fourth-order valence-corrected chi connectivity index (χ4v) is 2.40. The molecule has 0 radical (unpaired) electrons. The SMILES string of the molecule is C[C@@H](OC(=O)c1cccc(C(F)(F)F)c1)c1nc2ccccc2c(=O)[nH]1. The number of carbonyl (C=O) groups excluding carboxylic acids is 1. The molecule has 26 heavy (non-hydrogen) atoms. The number of hydrogen-bond donors (Lipinski definition) is 1. The Kier molecular flexibility index (Phi) is 4.50. The number of aromatic nitrogens is 2. The number of aromatic amines is 1. The minimum Gasteiger partial charge on any atom is -0.451 e. The van der Waals surface area contributed by atoms with Crippen LogP contribution in [0.5, 0.6) is 0 Å². The highest BCUT2D eigenvalue weighted by molar-refractivity contribution is 5.89. The van der Waals surface area contributed by atoms with Gasteiger partial charge in [0.15, 0.2) is 11.9 Å². The highest BCUT2D eigenvalue weighted by Gasteiger charge is 2.31. The van der Waals surface area contributed by atoms with E-state index in [4.69, 9.17) is 4.74 Å². The van der Waals surface area contributed by atoms with Gasteiger partial charge in [0, 0.05) is 0 Å². The first kappa shape index (κ1) is 17.7. The molecule has 1 N–H and O–H groups in total. The minimum absolute atomic E-state index is 0.106. The zero-order valence-electron chi connectivity index (χ0n) is 13.5. The van der Waals surface area contributed by atoms with Crippen LogP contribution >= 0.6 is 0 Å². The Morgan fingerprint density at radius 3 is 2.62 bits per heavy atom. The second-order valence-corrected chi connectivity index (χ2v) is 5.59. The number of nitrogens with zero attached hydrogens (tertiary/aromatic N) is 1. The van der Waals surface area contributed by atoms with Crippen molar-refractivity contribution in [1.29, 1.82) is 0 Å². The van der Waals surface area contributed by atoms with Crippen molar-refractivity contribution in [3.8, 4) is 0 Å². The molecule has 0 aliphatic carbocycles. The van der Waals surface area contributed by atoms with E-state index in [-0.39, 0.29) is 11.4 Å². The summed E-state index contributed by atoms with van der Waals surface area (Å²) in [6.45, 7) is 1.47. The number of alkyl halides is 3. The van der Waals surface area contributed by atoms with Crippen molar-refractivity contribution >= 4 is 16.9 Å². The summed E-state index contributed by atoms with van der Waals surface area (Å²) in [7, 11) is 0. The van der Waals surface area contributed by atoms with Crippen LogP contribution < -0.4 is 5.56 Å². The fraction of sp³-hybridized carbons (Fsp3) is 0.167. The first-order valence-corrected chi connectivity index (χ1v) is 7.63. The number of halogens is 3. The molecule has 8 heteroatoms. The van der Waals surface area contributed by atoms with Crippen LogP contribution in [-0.4, -0.2) is 15.9 Å². The Balaban J connectivity index is 1.85. The Bertz CT molecular complexity index is 1030. The van der Waals surface area contributed by atoms with Gasteiger partial charge in [0.2, 0.25) is 0 Å². The summed E-state index contributed by atoms with van der Waals surface area (Å²) < 4.78 is 43.4. The zero-order chi connectivity index (χ0) is 18.9. The zero-order valence-corrected chi connectivity index (χ0v) is 13.5. The molecule has 3 rings (SSSR count). The van der Waals surface area contributed by atoms with E-state index in [1.54, 1.807) is 24.3 Å². The molecule has 1 heterocycles. The van der Waals surface area contributed by atoms with Crippen LogP contribution in [0.3, 0.4) is 0 Å². The number of ether oxygens (including phenoxy) is 1. The average Bonchev–Trinajstić information content (AvgIpc) is 2.61. The lowest BCUT2D eigenvalue weighted by Gasteiger charge is -2.14. The Morgan fingerprint density at radius 1 is 1.15 bits per heavy atom. The fourth-order valence-electron chi connectivity index (χ4n) is 2.40. The number of hydrogen-bond acceptors (Lipinski definition) is 4. The molecule has 2 aromatic carbocycles. The van der Waals surface area contributed by atoms with E-state index in [1.165, 1.54) is 13.0 Å². The summed E-state index contributed by atoms with van der Waals surface area (Å²) in [6, 6.07) is 10.6. The van der Waals surface area contributed by atoms with Crippen LogP contribution in [0.1, 0.15) is 34.8 Å². The monoisotopic (exact) mass is 362 g/mol. The van der Waals surface area contributed by atoms with Crippen LogP contribution in [-0.2, 0) is 10.9 Å². The maximum Gasteiger partial charge on any atom is 0.416 e. The first-order valence-electron chi connectivity index (χ1n) is 7.63. The van der Waals surface area contributed by atoms with Crippen LogP contribution in [0.15, 0.2) is 53.3 Å². The second kappa shape index (κ2) is 6.62. The number of para-hydroxylation sites is 1. The summed E-state index contributed by atoms with van der Waals surface area (Å²) in [5.41, 5.74) is -1.16. The third kappa shape index (κ3) is 3.58. The molecule has 0 saturated carbocycles. The minimum atomic E-state index is -4.56. The highest BCUT2D eigenvalue weighted by Crippen LogP contribution is 2.30. The molecule has 0 bridgehead atoms. The second-order valence-electron chi connectivity index (χ2n) is 5.59. The third-order valence-corrected chi connectivity index (χ3v) is 3.73. The van der Waals surface area contributed by atoms with E-state index in [1.807, 2.05) is 0 Å². The smallest absolute Gasteiger partial charge is 0.416 e. The van der Waals surface area contributed by atoms with Gasteiger partial charge in [-0.15, -0.1) is 0 Å². The largest absolute Gasteiger partial charge is 0.451 e. The number of H-pyrrole nitrogens is 1. The molecule has 1 aromatic heterocycles. The molecule has 5 nitrogen and oxygen atoms in total. The summed E-state index contributed by atoms with van der Waals surface area (Å²) in [5.74, 6) is -0.839. The average molecular weight is 362 g/mol. The van der Waals surface area contributed by atoms with Gasteiger partial charge >= 0.3 is 12.1 Å². The molecular weight excluding hydrogens is 349 g/mol. The summed E-state index contributed by atoms with van der Waals surface area (Å²) in [4.78, 5) is 30.9. The number of fused-ring (bicyclic) bond motifs is 1. The number of nitrogens with one attached hydrogen (secondary N) is 1. The Labute approximate surface area is 145 Å². The van der Waals surface area contributed by atoms with Gasteiger partial charge in [0.1, 0.15) is 0 Å². The van der Waals surface area contributed by atoms with Crippen LogP contribution in [0.2, 0.25) is 0 Å². The summed E-state index contributed by atoms with van der Waals surface area (Å²) in [6.07, 6.45) is -5.51. The number of rotatable bonds is 3. The van der Waals surface area contributed by atoms with Gasteiger partial charge in [-0.1, -0.05) is 18.2 Å². The molecular formula is C18H13F3N2O3. The molecule has 0 saturated heterocycles. The number of esters is 1. The highest BCUT2D eigenvalue weighted by atomic mass is 19.4. The summed E-state index contributed by atoms with van der Waals surface area (Å²) >= 11 is 0. The Hall–Kier alpha value is -3.16. The van der Waals surface area contributed by atoms with Crippen LogP contribution in [0, 0.1) is 0 Å². The molecule has 0 aliphatic heterocycles. The molecule has 0 unspecified atom stereocenters. The number of carbonyl (C=O) groups is 1. The van der Waals surface area contributed by atoms with Gasteiger partial charge in [-0.05, 0) is 37.3 Å². The normalized spacial score (nSPS) is 12.8. The molecule has 0 spiro atoms. The van der Waals surface area contributed by atoms with Crippen molar-refractivity contribution in [3.63, 3.8) is 0 Å². The molecule has 134 valence electrons. The molecule has 0 amide bonds. The van der Waals surface area contributed by atoms with Crippen molar-refractivity contribution in [1.82, 2.24) is 9.97 Å². The van der Waals surface area contributed by atoms with E-state index < -0.39 is 29.4 Å². The molecule has 0 fully saturated rings. The molecule has 1 atom stereocenters. The van der Waals surface area contributed by atoms with Crippen molar-refractivity contribution in [2.45, 2.75) is 19.2 Å². The van der Waals surface area contributed by atoms with Gasteiger partial charge in [0.25, 0.3) is 5.56 Å². The predicted octanol–water partition coefficient (Wildman–Crippen LogP) is 3.86. The van der Waals surface area contributed by atoms with Gasteiger partial charge in [-0.25, -0.2) is 9.78 Å². The van der Waals surface area contributed by atoms with E-state index in [0.717, 1.165) is 12.1 Å².